The molecule has 9 nitrogen and oxygen atoms in total. The minimum atomic E-state index is -0.675. The van der Waals surface area contributed by atoms with Gasteiger partial charge in [0.1, 0.15) is 11.7 Å². The molecule has 3 aliphatic heterocycles. The van der Waals surface area contributed by atoms with Crippen LogP contribution in [0.4, 0.5) is 26.7 Å². The molecule has 2 bridgehead atoms. The van der Waals surface area contributed by atoms with Crippen LogP contribution in [0, 0.1) is 11.8 Å². The minimum Gasteiger partial charge on any atom is -0.317 e. The second-order valence-corrected chi connectivity index (χ2v) is 7.83. The quantitative estimate of drug-likeness (QED) is 0.626. The van der Waals surface area contributed by atoms with E-state index in [1.54, 1.807) is 40.1 Å². The number of hydrogen-bond acceptors (Lipinski definition) is 5. The molecule has 3 atom stereocenters. The zero-order valence-corrected chi connectivity index (χ0v) is 16.2. The number of aryl methyl sites for hydroxylation is 1. The van der Waals surface area contributed by atoms with Gasteiger partial charge in [-0.2, -0.15) is 0 Å². The number of hydrogen-bond donors (Lipinski definition) is 1. The number of imide groups is 1. The molecular formula is C21H19N5O4. The van der Waals surface area contributed by atoms with Crippen LogP contribution in [0.3, 0.4) is 0 Å². The summed E-state index contributed by atoms with van der Waals surface area (Å²) >= 11 is 0. The van der Waals surface area contributed by atoms with Crippen molar-refractivity contribution in [2.45, 2.75) is 31.5 Å². The zero-order chi connectivity index (χ0) is 21.0. The maximum absolute atomic E-state index is 13.2. The van der Waals surface area contributed by atoms with Gasteiger partial charge in [-0.05, 0) is 54.4 Å². The third-order valence-electron chi connectivity index (χ3n) is 5.99. The second kappa shape index (κ2) is 6.65. The van der Waals surface area contributed by atoms with Gasteiger partial charge in [0.05, 0.1) is 17.8 Å². The van der Waals surface area contributed by atoms with E-state index in [-0.39, 0.29) is 35.7 Å². The molecule has 9 heteroatoms. The number of nitrogens with zero attached hydrogens (tertiary/aromatic N) is 4. The first-order valence-corrected chi connectivity index (χ1v) is 9.72. The summed E-state index contributed by atoms with van der Waals surface area (Å²) in [5.41, 5.74) is 2.17. The van der Waals surface area contributed by atoms with Gasteiger partial charge in [-0.1, -0.05) is 18.2 Å². The Kier molecular flexibility index (Phi) is 4.05. The van der Waals surface area contributed by atoms with Crippen molar-refractivity contribution >= 4 is 35.0 Å². The van der Waals surface area contributed by atoms with Crippen LogP contribution in [0.5, 0.6) is 0 Å². The number of carbonyl (C=O) groups excluding carboxylic acids is 3. The lowest BCUT2D eigenvalue weighted by Gasteiger charge is -2.34. The zero-order valence-electron chi connectivity index (χ0n) is 16.2. The number of likely N-dealkylation sites (tertiary alicyclic amines) is 1. The van der Waals surface area contributed by atoms with Crippen LogP contribution in [0.1, 0.15) is 12.0 Å². The number of urea groups is 2. The van der Waals surface area contributed by atoms with Crippen molar-refractivity contribution in [3.63, 3.8) is 0 Å². The highest BCUT2D eigenvalue weighted by molar-refractivity contribution is 6.22. The summed E-state index contributed by atoms with van der Waals surface area (Å²) in [6.45, 7) is 2.26. The lowest BCUT2D eigenvalue weighted by molar-refractivity contribution is -0.120. The summed E-state index contributed by atoms with van der Waals surface area (Å²) in [6, 6.07) is 11.6. The van der Waals surface area contributed by atoms with E-state index in [0.717, 1.165) is 5.56 Å². The molecule has 30 heavy (non-hydrogen) atoms. The van der Waals surface area contributed by atoms with Gasteiger partial charge in [0.15, 0.2) is 0 Å². The highest BCUT2D eigenvalue weighted by atomic mass is 16.3. The third kappa shape index (κ3) is 2.66. The molecule has 5 rings (SSSR count). The first kappa shape index (κ1) is 18.3. The largest absolute Gasteiger partial charge is 0.332 e. The predicted octanol–water partition coefficient (Wildman–Crippen LogP) is 3.22. The molecular weight excluding hydrogens is 386 g/mol. The number of nitrogens with one attached hydrogen (secondary N) is 1. The average Bonchev–Trinajstić information content (AvgIpc) is 3.39. The van der Waals surface area contributed by atoms with Crippen LogP contribution >= 0.6 is 0 Å². The summed E-state index contributed by atoms with van der Waals surface area (Å²) in [6.07, 6.45) is 0.577. The molecule has 3 heterocycles. The Labute approximate surface area is 172 Å². The lowest BCUT2D eigenvalue weighted by Crippen LogP contribution is -2.55. The van der Waals surface area contributed by atoms with Crippen LogP contribution < -0.4 is 10.2 Å². The topological polar surface area (TPSA) is 102 Å². The summed E-state index contributed by atoms with van der Waals surface area (Å²) in [5.74, 6) is -0.303. The summed E-state index contributed by atoms with van der Waals surface area (Å²) in [7, 11) is 0. The molecule has 0 aromatic heterocycles. The van der Waals surface area contributed by atoms with E-state index in [2.05, 4.69) is 10.5 Å². The number of rotatable bonds is 3. The van der Waals surface area contributed by atoms with E-state index in [4.69, 9.17) is 0 Å². The molecule has 152 valence electrons. The van der Waals surface area contributed by atoms with E-state index in [9.17, 15) is 19.3 Å². The Morgan fingerprint density at radius 3 is 2.70 bits per heavy atom. The standard InChI is InChI=1S/C21H19N5O4/c1-12-4-2-7-15(8-12)26-19(27)18-17-10-16(25(18)21(26)29)11-24(17)20(28)22-13-5-3-6-14(9-13)23-30/h2-9,16-18H,10-11H2,1H3,(H,22,28)/t16?,17?,18-/m1/s1. The summed E-state index contributed by atoms with van der Waals surface area (Å²) < 4.78 is 0. The highest BCUT2D eigenvalue weighted by Crippen LogP contribution is 2.42. The maximum atomic E-state index is 13.2. The van der Waals surface area contributed by atoms with Gasteiger partial charge in [0.25, 0.3) is 5.91 Å². The molecule has 3 aliphatic rings. The van der Waals surface area contributed by atoms with E-state index in [1.165, 1.54) is 11.0 Å². The number of nitroso groups, excluding NO2 is 1. The summed E-state index contributed by atoms with van der Waals surface area (Å²) in [4.78, 5) is 54.2. The van der Waals surface area contributed by atoms with E-state index >= 15 is 0 Å². The fraction of sp³-hybridized carbons (Fsp3) is 0.286. The predicted molar refractivity (Wildman–Crippen MR) is 110 cm³/mol. The van der Waals surface area contributed by atoms with Gasteiger partial charge in [0.2, 0.25) is 0 Å². The van der Waals surface area contributed by atoms with Gasteiger partial charge in [-0.15, -0.1) is 4.91 Å². The van der Waals surface area contributed by atoms with E-state index in [0.29, 0.717) is 24.3 Å². The van der Waals surface area contributed by atoms with Crippen molar-refractivity contribution in [2.24, 2.45) is 5.18 Å². The van der Waals surface area contributed by atoms with E-state index < -0.39 is 6.04 Å². The maximum Gasteiger partial charge on any atom is 0.332 e. The van der Waals surface area contributed by atoms with E-state index in [1.807, 2.05) is 19.1 Å². The molecule has 0 saturated carbocycles. The summed E-state index contributed by atoms with van der Waals surface area (Å²) in [5, 5.41) is 5.63. The highest BCUT2D eigenvalue weighted by Gasteiger charge is 2.62. The van der Waals surface area contributed by atoms with Crippen LogP contribution in [-0.4, -0.2) is 52.4 Å². The fourth-order valence-corrected chi connectivity index (χ4v) is 4.73. The molecule has 5 amide bonds. The Bertz CT molecular complexity index is 1090. The first-order chi connectivity index (χ1) is 14.5. The molecule has 3 fully saturated rings. The van der Waals surface area contributed by atoms with Crippen molar-refractivity contribution in [2.75, 3.05) is 16.8 Å². The van der Waals surface area contributed by atoms with Gasteiger partial charge >= 0.3 is 12.1 Å². The fourth-order valence-electron chi connectivity index (χ4n) is 4.73. The third-order valence-corrected chi connectivity index (χ3v) is 5.99. The van der Waals surface area contributed by atoms with Crippen molar-refractivity contribution in [3.05, 3.63) is 59.0 Å². The molecule has 0 aliphatic carbocycles. The number of benzene rings is 2. The normalized spacial score (nSPS) is 24.4. The molecule has 2 aromatic carbocycles. The molecule has 1 N–H and O–H groups in total. The number of fused-ring (bicyclic) bond motifs is 5. The molecule has 3 saturated heterocycles. The van der Waals surface area contributed by atoms with Crippen molar-refractivity contribution in [1.82, 2.24) is 9.80 Å². The smallest absolute Gasteiger partial charge is 0.317 e. The van der Waals surface area contributed by atoms with Gasteiger partial charge in [-0.25, -0.2) is 14.5 Å². The van der Waals surface area contributed by atoms with Crippen LogP contribution in [0.15, 0.2) is 53.7 Å². The number of amides is 5. The van der Waals surface area contributed by atoms with Gasteiger partial charge in [0, 0.05) is 12.2 Å². The average molecular weight is 405 g/mol. The van der Waals surface area contributed by atoms with Gasteiger partial charge < -0.3 is 15.1 Å². The van der Waals surface area contributed by atoms with Crippen LogP contribution in [0.2, 0.25) is 0 Å². The number of piperazine rings is 1. The molecule has 0 spiro atoms. The van der Waals surface area contributed by atoms with Crippen molar-refractivity contribution < 1.29 is 14.4 Å². The Morgan fingerprint density at radius 1 is 1.13 bits per heavy atom. The number of anilines is 2. The monoisotopic (exact) mass is 405 g/mol. The SMILES string of the molecule is Cc1cccc(N2C(=O)[C@H]3C4CC(CN4C(=O)Nc4cccc(N=O)c4)N3C2=O)c1. The Balaban J connectivity index is 1.37. The van der Waals surface area contributed by atoms with Gasteiger partial charge in [-0.3, -0.25) is 4.79 Å². The van der Waals surface area contributed by atoms with Crippen LogP contribution in [-0.2, 0) is 4.79 Å². The first-order valence-electron chi connectivity index (χ1n) is 9.72. The number of carbonyl (C=O) groups is 3. The lowest BCUT2D eigenvalue weighted by atomic mass is 10.1. The van der Waals surface area contributed by atoms with Crippen molar-refractivity contribution in [3.8, 4) is 0 Å². The molecule has 2 unspecified atom stereocenters. The Morgan fingerprint density at radius 2 is 1.93 bits per heavy atom. The minimum absolute atomic E-state index is 0.194. The molecule has 0 radical (unpaired) electrons. The van der Waals surface area contributed by atoms with Crippen LogP contribution in [0.25, 0.3) is 0 Å². The molecule has 2 aromatic rings. The van der Waals surface area contributed by atoms with Crippen molar-refractivity contribution in [1.29, 1.82) is 0 Å². The second-order valence-electron chi connectivity index (χ2n) is 7.83. The Hall–Kier alpha value is -3.75.